The van der Waals surface area contributed by atoms with E-state index in [1.54, 1.807) is 0 Å². The highest BCUT2D eigenvalue weighted by Gasteiger charge is 2.16. The largest absolute Gasteiger partial charge is 0.0887 e. The summed E-state index contributed by atoms with van der Waals surface area (Å²) in [6, 6.07) is 8.69. The van der Waals surface area contributed by atoms with Crippen LogP contribution < -0.4 is 0 Å². The van der Waals surface area contributed by atoms with Crippen LogP contribution in [0.25, 0.3) is 0 Å². The van der Waals surface area contributed by atoms with Gasteiger partial charge in [0.15, 0.2) is 0 Å². The van der Waals surface area contributed by atoms with E-state index in [1.807, 2.05) is 0 Å². The number of halogens is 2. The normalized spacial score (nSPS) is 19.4. The number of rotatable bonds is 4. The van der Waals surface area contributed by atoms with Crippen molar-refractivity contribution in [3.8, 4) is 0 Å². The lowest BCUT2D eigenvalue weighted by Gasteiger charge is -2.18. The average molecular weight is 374 g/mol. The summed E-state index contributed by atoms with van der Waals surface area (Å²) in [4.78, 5) is 0.634. The molecule has 1 atom stereocenters. The molecule has 1 fully saturated rings. The quantitative estimate of drug-likeness (QED) is 0.440. The third kappa shape index (κ3) is 5.05. The van der Waals surface area contributed by atoms with Crippen molar-refractivity contribution in [3.05, 3.63) is 34.3 Å². The van der Waals surface area contributed by atoms with Gasteiger partial charge in [0, 0.05) is 9.30 Å². The van der Waals surface area contributed by atoms with E-state index in [-0.39, 0.29) is 0 Å². The average Bonchev–Trinajstić information content (AvgIpc) is 2.57. The zero-order valence-electron chi connectivity index (χ0n) is 10.9. The van der Waals surface area contributed by atoms with E-state index in [1.165, 1.54) is 55.0 Å². The van der Waals surface area contributed by atoms with E-state index >= 15 is 0 Å². The Bertz CT molecular complexity index is 354. The molecular weight excluding hydrogens is 352 g/mol. The molecule has 0 N–H and O–H groups in total. The second-order valence-corrected chi connectivity index (χ2v) is 7.74. The Morgan fingerprint density at radius 2 is 1.83 bits per heavy atom. The zero-order valence-corrected chi connectivity index (χ0v) is 14.0. The second kappa shape index (κ2) is 7.69. The molecule has 0 nitrogen and oxygen atoms in total. The van der Waals surface area contributed by atoms with Crippen LogP contribution in [0.5, 0.6) is 0 Å². The molecule has 0 bridgehead atoms. The van der Waals surface area contributed by atoms with Crippen LogP contribution in [0.15, 0.2) is 28.7 Å². The number of hydrogen-bond acceptors (Lipinski definition) is 0. The van der Waals surface area contributed by atoms with Gasteiger partial charge in [-0.15, -0.1) is 0 Å². The van der Waals surface area contributed by atoms with E-state index in [0.717, 1.165) is 12.3 Å². The standard InChI is InChI=1S/C16H22Br2/c17-15-9-5-8-14(11-15)12-16(18)10-13-6-3-1-2-4-7-13/h5,8-9,11,13,16H,1-4,6-7,10,12H2. The molecule has 2 rings (SSSR count). The fourth-order valence-electron chi connectivity index (χ4n) is 2.96. The molecule has 0 saturated heterocycles. The SMILES string of the molecule is Brc1cccc(CC(Br)CC2CCCCCC2)c1. The molecule has 0 spiro atoms. The molecule has 1 aliphatic carbocycles. The molecule has 1 aromatic carbocycles. The lowest BCUT2D eigenvalue weighted by atomic mass is 9.93. The van der Waals surface area contributed by atoms with Gasteiger partial charge < -0.3 is 0 Å². The van der Waals surface area contributed by atoms with Crippen molar-refractivity contribution in [2.75, 3.05) is 0 Å². The zero-order chi connectivity index (χ0) is 12.8. The van der Waals surface area contributed by atoms with E-state index < -0.39 is 0 Å². The molecule has 1 saturated carbocycles. The fraction of sp³-hybridized carbons (Fsp3) is 0.625. The minimum absolute atomic E-state index is 0.634. The van der Waals surface area contributed by atoms with Gasteiger partial charge in [-0.05, 0) is 36.5 Å². The lowest BCUT2D eigenvalue weighted by molar-refractivity contribution is 0.423. The van der Waals surface area contributed by atoms with Gasteiger partial charge in [-0.25, -0.2) is 0 Å². The molecule has 1 unspecified atom stereocenters. The summed E-state index contributed by atoms with van der Waals surface area (Å²) in [6.07, 6.45) is 11.2. The van der Waals surface area contributed by atoms with Crippen LogP contribution in [-0.4, -0.2) is 4.83 Å². The maximum Gasteiger partial charge on any atom is 0.0188 e. The first-order valence-corrected chi connectivity index (χ1v) is 8.83. The first-order chi connectivity index (χ1) is 8.74. The predicted molar refractivity (Wildman–Crippen MR) is 86.4 cm³/mol. The fourth-order valence-corrected chi connectivity index (χ4v) is 4.31. The first kappa shape index (κ1) is 14.6. The summed E-state index contributed by atoms with van der Waals surface area (Å²) in [5.74, 6) is 0.948. The highest BCUT2D eigenvalue weighted by Crippen LogP contribution is 2.29. The minimum Gasteiger partial charge on any atom is -0.0887 e. The summed E-state index contributed by atoms with van der Waals surface area (Å²) in [6.45, 7) is 0. The summed E-state index contributed by atoms with van der Waals surface area (Å²) >= 11 is 7.43. The summed E-state index contributed by atoms with van der Waals surface area (Å²) < 4.78 is 1.19. The Morgan fingerprint density at radius 3 is 2.50 bits per heavy atom. The van der Waals surface area contributed by atoms with E-state index in [4.69, 9.17) is 0 Å². The van der Waals surface area contributed by atoms with Gasteiger partial charge in [0.2, 0.25) is 0 Å². The van der Waals surface area contributed by atoms with Crippen molar-refractivity contribution in [3.63, 3.8) is 0 Å². The van der Waals surface area contributed by atoms with E-state index in [9.17, 15) is 0 Å². The Kier molecular flexibility index (Phi) is 6.23. The van der Waals surface area contributed by atoms with Crippen LogP contribution in [0.4, 0.5) is 0 Å². The predicted octanol–water partition coefficient (Wildman–Crippen LogP) is 6.12. The molecule has 0 heterocycles. The van der Waals surface area contributed by atoms with Crippen molar-refractivity contribution >= 4 is 31.9 Å². The Morgan fingerprint density at radius 1 is 1.11 bits per heavy atom. The molecule has 100 valence electrons. The topological polar surface area (TPSA) is 0 Å². The first-order valence-electron chi connectivity index (χ1n) is 7.12. The van der Waals surface area contributed by atoms with Gasteiger partial charge in [-0.2, -0.15) is 0 Å². The van der Waals surface area contributed by atoms with Crippen LogP contribution in [0.2, 0.25) is 0 Å². The van der Waals surface area contributed by atoms with Crippen LogP contribution >= 0.6 is 31.9 Å². The van der Waals surface area contributed by atoms with Crippen molar-refractivity contribution in [1.29, 1.82) is 0 Å². The van der Waals surface area contributed by atoms with Crippen LogP contribution in [-0.2, 0) is 6.42 Å². The molecule has 0 aromatic heterocycles. The highest BCUT2D eigenvalue weighted by molar-refractivity contribution is 9.10. The molecule has 0 aliphatic heterocycles. The van der Waals surface area contributed by atoms with Crippen molar-refractivity contribution in [2.24, 2.45) is 5.92 Å². The molecular formula is C16H22Br2. The number of alkyl halides is 1. The van der Waals surface area contributed by atoms with E-state index in [2.05, 4.69) is 56.1 Å². The molecule has 2 heteroatoms. The Balaban J connectivity index is 1.82. The number of hydrogen-bond donors (Lipinski definition) is 0. The molecule has 0 amide bonds. The number of benzene rings is 1. The van der Waals surface area contributed by atoms with Gasteiger partial charge in [-0.1, -0.05) is 82.5 Å². The van der Waals surface area contributed by atoms with Crippen molar-refractivity contribution in [1.82, 2.24) is 0 Å². The maximum atomic E-state index is 3.88. The van der Waals surface area contributed by atoms with Crippen LogP contribution in [0.1, 0.15) is 50.5 Å². The summed E-state index contributed by atoms with van der Waals surface area (Å²) in [7, 11) is 0. The summed E-state index contributed by atoms with van der Waals surface area (Å²) in [5.41, 5.74) is 1.43. The Labute approximate surface area is 128 Å². The van der Waals surface area contributed by atoms with Gasteiger partial charge >= 0.3 is 0 Å². The summed E-state index contributed by atoms with van der Waals surface area (Å²) in [5, 5.41) is 0. The third-order valence-electron chi connectivity index (χ3n) is 3.91. The van der Waals surface area contributed by atoms with Gasteiger partial charge in [0.1, 0.15) is 0 Å². The van der Waals surface area contributed by atoms with Crippen molar-refractivity contribution < 1.29 is 0 Å². The maximum absolute atomic E-state index is 3.88. The van der Waals surface area contributed by atoms with Crippen molar-refractivity contribution in [2.45, 2.75) is 56.2 Å². The van der Waals surface area contributed by atoms with E-state index in [0.29, 0.717) is 4.83 Å². The van der Waals surface area contributed by atoms with Gasteiger partial charge in [0.25, 0.3) is 0 Å². The van der Waals surface area contributed by atoms with Gasteiger partial charge in [0.05, 0.1) is 0 Å². The molecule has 1 aromatic rings. The minimum atomic E-state index is 0.634. The highest BCUT2D eigenvalue weighted by atomic mass is 79.9. The van der Waals surface area contributed by atoms with Crippen LogP contribution in [0.3, 0.4) is 0 Å². The van der Waals surface area contributed by atoms with Gasteiger partial charge in [-0.3, -0.25) is 0 Å². The third-order valence-corrected chi connectivity index (χ3v) is 5.10. The molecule has 0 radical (unpaired) electrons. The molecule has 1 aliphatic rings. The second-order valence-electron chi connectivity index (χ2n) is 5.52. The monoisotopic (exact) mass is 372 g/mol. The Hall–Kier alpha value is 0.180. The van der Waals surface area contributed by atoms with Crippen LogP contribution in [0, 0.1) is 5.92 Å². The lowest BCUT2D eigenvalue weighted by Crippen LogP contribution is -2.10. The smallest absolute Gasteiger partial charge is 0.0188 e. The molecule has 18 heavy (non-hydrogen) atoms.